The van der Waals surface area contributed by atoms with Crippen LogP contribution in [-0.2, 0) is 0 Å². The van der Waals surface area contributed by atoms with Crippen molar-refractivity contribution in [2.45, 2.75) is 57.5 Å². The van der Waals surface area contributed by atoms with Crippen LogP contribution in [-0.4, -0.2) is 55.7 Å². The largest absolute Gasteiger partial charge is 0.497 e. The topological polar surface area (TPSA) is 44.8 Å². The number of likely N-dealkylation sites (tertiary alicyclic amines) is 1. The van der Waals surface area contributed by atoms with Crippen LogP contribution in [0.3, 0.4) is 0 Å². The van der Waals surface area contributed by atoms with E-state index in [9.17, 15) is 4.79 Å². The first-order valence-electron chi connectivity index (χ1n) is 10.5. The molecular weight excluding hydrogens is 338 g/mol. The molecule has 150 valence electrons. The standard InChI is InChI=1S/C22H35N3O2/c1-17-8-6-10-19(14-17)24(2)22(26)23-16-21(25-12-4-5-13-25)18-9-7-11-20(15-18)27-3/h7,9,11,15,17,19,21H,4-6,8,10,12-14,16H2,1-3H3,(H,23,26). The molecule has 3 unspecified atom stereocenters. The Labute approximate surface area is 164 Å². The van der Waals surface area contributed by atoms with Gasteiger partial charge in [0, 0.05) is 19.6 Å². The van der Waals surface area contributed by atoms with Gasteiger partial charge in [0.2, 0.25) is 0 Å². The number of benzene rings is 1. The highest BCUT2D eigenvalue weighted by Crippen LogP contribution is 2.28. The van der Waals surface area contributed by atoms with Crippen LogP contribution in [0, 0.1) is 5.92 Å². The lowest BCUT2D eigenvalue weighted by Gasteiger charge is -2.35. The summed E-state index contributed by atoms with van der Waals surface area (Å²) in [5.74, 6) is 1.59. The van der Waals surface area contributed by atoms with E-state index in [1.165, 1.54) is 31.2 Å². The van der Waals surface area contributed by atoms with E-state index in [0.29, 0.717) is 18.5 Å². The van der Waals surface area contributed by atoms with Gasteiger partial charge in [-0.1, -0.05) is 31.9 Å². The Bertz CT molecular complexity index is 615. The van der Waals surface area contributed by atoms with Crippen molar-refractivity contribution in [2.75, 3.05) is 33.8 Å². The predicted molar refractivity (Wildman–Crippen MR) is 109 cm³/mol. The third-order valence-electron chi connectivity index (χ3n) is 6.28. The highest BCUT2D eigenvalue weighted by atomic mass is 16.5. The van der Waals surface area contributed by atoms with Gasteiger partial charge in [-0.15, -0.1) is 0 Å². The Morgan fingerprint density at radius 3 is 2.78 bits per heavy atom. The number of urea groups is 1. The maximum absolute atomic E-state index is 12.8. The highest BCUT2D eigenvalue weighted by molar-refractivity contribution is 5.74. The Morgan fingerprint density at radius 1 is 1.30 bits per heavy atom. The van der Waals surface area contributed by atoms with Gasteiger partial charge < -0.3 is 15.0 Å². The predicted octanol–water partition coefficient (Wildman–Crippen LogP) is 4.05. The van der Waals surface area contributed by atoms with Crippen LogP contribution in [0.2, 0.25) is 0 Å². The van der Waals surface area contributed by atoms with Gasteiger partial charge in [0.25, 0.3) is 0 Å². The molecular formula is C22H35N3O2. The van der Waals surface area contributed by atoms with Crippen LogP contribution in [0.25, 0.3) is 0 Å². The Hall–Kier alpha value is -1.75. The van der Waals surface area contributed by atoms with E-state index in [0.717, 1.165) is 31.7 Å². The van der Waals surface area contributed by atoms with Gasteiger partial charge in [-0.3, -0.25) is 4.90 Å². The van der Waals surface area contributed by atoms with Crippen LogP contribution in [0.1, 0.15) is 57.1 Å². The number of nitrogens with zero attached hydrogens (tertiary/aromatic N) is 2. The normalized spacial score (nSPS) is 24.4. The fourth-order valence-corrected chi connectivity index (χ4v) is 4.59. The molecule has 0 bridgehead atoms. The average Bonchev–Trinajstić information content (AvgIpc) is 3.22. The first kappa shape index (κ1) is 20.0. The minimum Gasteiger partial charge on any atom is -0.497 e. The summed E-state index contributed by atoms with van der Waals surface area (Å²) in [6, 6.07) is 8.88. The fraction of sp³-hybridized carbons (Fsp3) is 0.682. The van der Waals surface area contributed by atoms with Crippen molar-refractivity contribution < 1.29 is 9.53 Å². The van der Waals surface area contributed by atoms with Crippen LogP contribution in [0.5, 0.6) is 5.75 Å². The number of hydrogen-bond donors (Lipinski definition) is 1. The molecule has 27 heavy (non-hydrogen) atoms. The number of rotatable bonds is 6. The van der Waals surface area contributed by atoms with Crippen LogP contribution < -0.4 is 10.1 Å². The zero-order valence-electron chi connectivity index (χ0n) is 17.1. The molecule has 1 aliphatic heterocycles. The number of carbonyl (C=O) groups excluding carboxylic acids is 1. The van der Waals surface area contributed by atoms with Crippen LogP contribution in [0.15, 0.2) is 24.3 Å². The number of carbonyl (C=O) groups is 1. The summed E-state index contributed by atoms with van der Waals surface area (Å²) in [5.41, 5.74) is 1.21. The zero-order chi connectivity index (χ0) is 19.2. The van der Waals surface area contributed by atoms with Crippen molar-refractivity contribution in [1.82, 2.24) is 15.1 Å². The Morgan fingerprint density at radius 2 is 2.07 bits per heavy atom. The maximum Gasteiger partial charge on any atom is 0.317 e. The third kappa shape index (κ3) is 5.16. The molecule has 3 atom stereocenters. The third-order valence-corrected chi connectivity index (χ3v) is 6.28. The second-order valence-corrected chi connectivity index (χ2v) is 8.26. The van der Waals surface area contributed by atoms with Gasteiger partial charge in [0.1, 0.15) is 5.75 Å². The van der Waals surface area contributed by atoms with E-state index in [1.54, 1.807) is 7.11 Å². The van der Waals surface area contributed by atoms with E-state index in [2.05, 4.69) is 29.3 Å². The second kappa shape index (κ2) is 9.45. The lowest BCUT2D eigenvalue weighted by Crippen LogP contribution is -2.47. The van der Waals surface area contributed by atoms with Crippen molar-refractivity contribution in [2.24, 2.45) is 5.92 Å². The summed E-state index contributed by atoms with van der Waals surface area (Å²) in [6.07, 6.45) is 7.22. The molecule has 0 spiro atoms. The molecule has 2 amide bonds. The van der Waals surface area contributed by atoms with Gasteiger partial charge in [-0.25, -0.2) is 4.79 Å². The summed E-state index contributed by atoms with van der Waals surface area (Å²) in [7, 11) is 3.65. The molecule has 1 aromatic carbocycles. The molecule has 3 rings (SSSR count). The molecule has 1 saturated carbocycles. The summed E-state index contributed by atoms with van der Waals surface area (Å²) in [4.78, 5) is 17.2. The number of nitrogens with one attached hydrogen (secondary N) is 1. The number of hydrogen-bond acceptors (Lipinski definition) is 3. The monoisotopic (exact) mass is 373 g/mol. The molecule has 0 aromatic heterocycles. The minimum absolute atomic E-state index is 0.0567. The maximum atomic E-state index is 12.8. The Balaban J connectivity index is 1.64. The lowest BCUT2D eigenvalue weighted by molar-refractivity contribution is 0.155. The average molecular weight is 374 g/mol. The van der Waals surface area contributed by atoms with Crippen molar-refractivity contribution in [3.8, 4) is 5.75 Å². The zero-order valence-corrected chi connectivity index (χ0v) is 17.1. The molecule has 2 aliphatic rings. The minimum atomic E-state index is 0.0567. The molecule has 5 heteroatoms. The number of methoxy groups -OCH3 is 1. The summed E-state index contributed by atoms with van der Waals surface area (Å²) in [6.45, 7) is 5.12. The molecule has 1 heterocycles. The quantitative estimate of drug-likeness (QED) is 0.818. The molecule has 2 fully saturated rings. The summed E-state index contributed by atoms with van der Waals surface area (Å²) >= 11 is 0. The smallest absolute Gasteiger partial charge is 0.317 e. The van der Waals surface area contributed by atoms with Gasteiger partial charge in [0.05, 0.1) is 13.2 Å². The van der Waals surface area contributed by atoms with Gasteiger partial charge in [-0.2, -0.15) is 0 Å². The summed E-state index contributed by atoms with van der Waals surface area (Å²) < 4.78 is 5.41. The second-order valence-electron chi connectivity index (χ2n) is 8.26. The van der Waals surface area contributed by atoms with Crippen molar-refractivity contribution in [3.05, 3.63) is 29.8 Å². The first-order chi connectivity index (χ1) is 13.1. The SMILES string of the molecule is COc1cccc(C(CNC(=O)N(C)C2CCCC(C)C2)N2CCCC2)c1. The number of ether oxygens (including phenoxy) is 1. The van der Waals surface area contributed by atoms with E-state index >= 15 is 0 Å². The molecule has 0 radical (unpaired) electrons. The molecule has 1 N–H and O–H groups in total. The van der Waals surface area contributed by atoms with Crippen LogP contribution in [0.4, 0.5) is 4.79 Å². The van der Waals surface area contributed by atoms with Crippen molar-refractivity contribution in [3.63, 3.8) is 0 Å². The fourth-order valence-electron chi connectivity index (χ4n) is 4.59. The van der Waals surface area contributed by atoms with Crippen LogP contribution >= 0.6 is 0 Å². The van der Waals surface area contributed by atoms with Gasteiger partial charge >= 0.3 is 6.03 Å². The Kier molecular flexibility index (Phi) is 7.00. The summed E-state index contributed by atoms with van der Waals surface area (Å²) in [5, 5.41) is 3.21. The lowest BCUT2D eigenvalue weighted by atomic mass is 9.86. The van der Waals surface area contributed by atoms with E-state index in [1.807, 2.05) is 24.1 Å². The first-order valence-corrected chi connectivity index (χ1v) is 10.5. The van der Waals surface area contributed by atoms with E-state index in [-0.39, 0.29) is 12.1 Å². The van der Waals surface area contributed by atoms with Gasteiger partial charge in [0.15, 0.2) is 0 Å². The van der Waals surface area contributed by atoms with E-state index in [4.69, 9.17) is 4.74 Å². The highest BCUT2D eigenvalue weighted by Gasteiger charge is 2.28. The van der Waals surface area contributed by atoms with Crippen molar-refractivity contribution in [1.29, 1.82) is 0 Å². The molecule has 5 nitrogen and oxygen atoms in total. The van der Waals surface area contributed by atoms with E-state index < -0.39 is 0 Å². The molecule has 1 aliphatic carbocycles. The molecule has 1 saturated heterocycles. The number of amides is 2. The molecule has 1 aromatic rings. The van der Waals surface area contributed by atoms with Gasteiger partial charge in [-0.05, 0) is 62.4 Å². The van der Waals surface area contributed by atoms with Crippen molar-refractivity contribution >= 4 is 6.03 Å².